The molecule has 4 nitrogen and oxygen atoms in total. The molecule has 0 atom stereocenters. The lowest BCUT2D eigenvalue weighted by atomic mass is 10.2. The first-order chi connectivity index (χ1) is 10.1. The van der Waals surface area contributed by atoms with Crippen molar-refractivity contribution in [1.29, 1.82) is 0 Å². The van der Waals surface area contributed by atoms with Gasteiger partial charge in [0.05, 0.1) is 5.41 Å². The minimum Gasteiger partial charge on any atom is -0.316 e. The molecule has 0 amide bonds. The summed E-state index contributed by atoms with van der Waals surface area (Å²) in [6.07, 6.45) is 1.57. The zero-order valence-electron chi connectivity index (χ0n) is 11.8. The highest BCUT2D eigenvalue weighted by atomic mass is 32.2. The van der Waals surface area contributed by atoms with Crippen LogP contribution < -0.4 is 10.0 Å². The minimum absolute atomic E-state index is 0.556. The Bertz CT molecular complexity index is 710. The summed E-state index contributed by atoms with van der Waals surface area (Å²) in [6.45, 7) is 0.690. The van der Waals surface area contributed by atoms with Crippen molar-refractivity contribution in [2.24, 2.45) is 0 Å². The SMILES string of the molecule is CNCc1cccc(NS(=O)(=O)C=Cc2ccccc2)c1. The predicted molar refractivity (Wildman–Crippen MR) is 87.2 cm³/mol. The van der Waals surface area contributed by atoms with E-state index >= 15 is 0 Å². The summed E-state index contributed by atoms with van der Waals surface area (Å²) in [6, 6.07) is 16.6. The van der Waals surface area contributed by atoms with E-state index in [1.807, 2.05) is 55.6 Å². The topological polar surface area (TPSA) is 58.2 Å². The van der Waals surface area contributed by atoms with Crippen LogP contribution in [0, 0.1) is 0 Å². The Morgan fingerprint density at radius 2 is 1.81 bits per heavy atom. The van der Waals surface area contributed by atoms with Gasteiger partial charge in [-0.05, 0) is 36.4 Å². The molecule has 110 valence electrons. The van der Waals surface area contributed by atoms with Gasteiger partial charge in [0, 0.05) is 12.2 Å². The van der Waals surface area contributed by atoms with Gasteiger partial charge in [-0.15, -0.1) is 0 Å². The summed E-state index contributed by atoms with van der Waals surface area (Å²) >= 11 is 0. The van der Waals surface area contributed by atoms with E-state index in [0.29, 0.717) is 12.2 Å². The summed E-state index contributed by atoms with van der Waals surface area (Å²) < 4.78 is 26.6. The quantitative estimate of drug-likeness (QED) is 0.862. The second kappa shape index (κ2) is 7.06. The predicted octanol–water partition coefficient (Wildman–Crippen LogP) is 2.82. The van der Waals surface area contributed by atoms with Crippen LogP contribution in [0.3, 0.4) is 0 Å². The summed E-state index contributed by atoms with van der Waals surface area (Å²) in [5.41, 5.74) is 2.41. The van der Waals surface area contributed by atoms with Crippen molar-refractivity contribution in [1.82, 2.24) is 5.32 Å². The fourth-order valence-corrected chi connectivity index (χ4v) is 2.74. The number of sulfonamides is 1. The van der Waals surface area contributed by atoms with E-state index in [1.54, 1.807) is 12.1 Å². The molecule has 0 saturated carbocycles. The number of hydrogen-bond acceptors (Lipinski definition) is 3. The van der Waals surface area contributed by atoms with Crippen LogP contribution in [0.4, 0.5) is 5.69 Å². The molecule has 2 rings (SSSR count). The lowest BCUT2D eigenvalue weighted by molar-refractivity contribution is 0.609. The zero-order chi connectivity index (χ0) is 15.1. The van der Waals surface area contributed by atoms with E-state index in [1.165, 1.54) is 5.41 Å². The van der Waals surface area contributed by atoms with Crippen molar-refractivity contribution in [2.75, 3.05) is 11.8 Å². The molecule has 0 spiro atoms. The molecule has 21 heavy (non-hydrogen) atoms. The molecule has 0 aliphatic carbocycles. The minimum atomic E-state index is -3.52. The maximum absolute atomic E-state index is 12.0. The normalized spacial score (nSPS) is 11.7. The van der Waals surface area contributed by atoms with Gasteiger partial charge in [0.2, 0.25) is 0 Å². The third kappa shape index (κ3) is 5.06. The Morgan fingerprint density at radius 3 is 2.52 bits per heavy atom. The molecule has 0 radical (unpaired) electrons. The van der Waals surface area contributed by atoms with Gasteiger partial charge < -0.3 is 5.32 Å². The van der Waals surface area contributed by atoms with Gasteiger partial charge in [-0.1, -0.05) is 42.5 Å². The lowest BCUT2D eigenvalue weighted by Gasteiger charge is -2.06. The monoisotopic (exact) mass is 302 g/mol. The van der Waals surface area contributed by atoms with E-state index in [-0.39, 0.29) is 0 Å². The molecule has 2 aromatic rings. The van der Waals surface area contributed by atoms with Gasteiger partial charge in [-0.2, -0.15) is 0 Å². The van der Waals surface area contributed by atoms with Crippen molar-refractivity contribution in [3.8, 4) is 0 Å². The Labute approximate surface area is 125 Å². The van der Waals surface area contributed by atoms with Gasteiger partial charge in [0.15, 0.2) is 0 Å². The van der Waals surface area contributed by atoms with E-state index in [2.05, 4.69) is 10.0 Å². The van der Waals surface area contributed by atoms with E-state index in [0.717, 1.165) is 11.1 Å². The molecule has 5 heteroatoms. The van der Waals surface area contributed by atoms with Crippen LogP contribution in [0.15, 0.2) is 60.0 Å². The second-order valence-corrected chi connectivity index (χ2v) is 6.16. The Kier molecular flexibility index (Phi) is 5.14. The maximum Gasteiger partial charge on any atom is 0.255 e. The Balaban J connectivity index is 2.10. The third-order valence-corrected chi connectivity index (χ3v) is 3.82. The maximum atomic E-state index is 12.0. The highest BCUT2D eigenvalue weighted by molar-refractivity contribution is 7.95. The third-order valence-electron chi connectivity index (χ3n) is 2.81. The summed E-state index contributed by atoms with van der Waals surface area (Å²) in [5.74, 6) is 0. The standard InChI is InChI=1S/C16H18N2O2S/c1-17-13-15-8-5-9-16(12-15)18-21(19,20)11-10-14-6-3-2-4-7-14/h2-12,17-18H,13H2,1H3. The van der Waals surface area contributed by atoms with E-state index < -0.39 is 10.0 Å². The Morgan fingerprint density at radius 1 is 1.05 bits per heavy atom. The average Bonchev–Trinajstić information content (AvgIpc) is 2.47. The molecule has 0 aliphatic heterocycles. The molecule has 0 heterocycles. The number of nitrogens with one attached hydrogen (secondary N) is 2. The van der Waals surface area contributed by atoms with Crippen LogP contribution in [0.5, 0.6) is 0 Å². The Hall–Kier alpha value is -2.11. The van der Waals surface area contributed by atoms with Crippen LogP contribution in [0.2, 0.25) is 0 Å². The van der Waals surface area contributed by atoms with Crippen molar-refractivity contribution in [3.63, 3.8) is 0 Å². The first-order valence-electron chi connectivity index (χ1n) is 6.58. The average molecular weight is 302 g/mol. The van der Waals surface area contributed by atoms with Gasteiger partial charge in [-0.3, -0.25) is 4.72 Å². The van der Waals surface area contributed by atoms with Gasteiger partial charge in [0.1, 0.15) is 0 Å². The van der Waals surface area contributed by atoms with Crippen LogP contribution in [0.1, 0.15) is 11.1 Å². The zero-order valence-corrected chi connectivity index (χ0v) is 12.6. The molecule has 2 aromatic carbocycles. The summed E-state index contributed by atoms with van der Waals surface area (Å²) in [5, 5.41) is 4.20. The van der Waals surface area contributed by atoms with E-state index in [4.69, 9.17) is 0 Å². The fourth-order valence-electron chi connectivity index (χ4n) is 1.88. The molecular formula is C16H18N2O2S. The lowest BCUT2D eigenvalue weighted by Crippen LogP contribution is -2.10. The first-order valence-corrected chi connectivity index (χ1v) is 8.13. The molecule has 0 saturated heterocycles. The van der Waals surface area contributed by atoms with Crippen molar-refractivity contribution in [2.45, 2.75) is 6.54 Å². The van der Waals surface area contributed by atoms with Gasteiger partial charge in [-0.25, -0.2) is 8.42 Å². The smallest absolute Gasteiger partial charge is 0.255 e. The molecule has 0 aliphatic rings. The largest absolute Gasteiger partial charge is 0.316 e. The van der Waals surface area contributed by atoms with Crippen molar-refractivity contribution < 1.29 is 8.42 Å². The fraction of sp³-hybridized carbons (Fsp3) is 0.125. The molecule has 2 N–H and O–H groups in total. The molecule has 0 fully saturated rings. The van der Waals surface area contributed by atoms with Crippen LogP contribution in [-0.4, -0.2) is 15.5 Å². The van der Waals surface area contributed by atoms with Crippen LogP contribution in [0.25, 0.3) is 6.08 Å². The number of benzene rings is 2. The highest BCUT2D eigenvalue weighted by Crippen LogP contribution is 2.13. The van der Waals surface area contributed by atoms with E-state index in [9.17, 15) is 8.42 Å². The summed E-state index contributed by atoms with van der Waals surface area (Å²) in [7, 11) is -1.67. The van der Waals surface area contributed by atoms with Gasteiger partial charge in [0.25, 0.3) is 10.0 Å². The number of rotatable bonds is 6. The molecule has 0 aromatic heterocycles. The first kappa shape index (κ1) is 15.3. The second-order valence-electron chi connectivity index (χ2n) is 4.59. The van der Waals surface area contributed by atoms with Gasteiger partial charge >= 0.3 is 0 Å². The molecule has 0 bridgehead atoms. The van der Waals surface area contributed by atoms with Crippen LogP contribution >= 0.6 is 0 Å². The number of anilines is 1. The molecular weight excluding hydrogens is 284 g/mol. The summed E-state index contributed by atoms with van der Waals surface area (Å²) in [4.78, 5) is 0. The highest BCUT2D eigenvalue weighted by Gasteiger charge is 2.05. The molecule has 0 unspecified atom stereocenters. The van der Waals surface area contributed by atoms with Crippen molar-refractivity contribution >= 4 is 21.8 Å². The number of hydrogen-bond donors (Lipinski definition) is 2. The van der Waals surface area contributed by atoms with Crippen molar-refractivity contribution in [3.05, 3.63) is 71.1 Å². The van der Waals surface area contributed by atoms with Crippen LogP contribution in [-0.2, 0) is 16.6 Å².